The Labute approximate surface area is 158 Å². The summed E-state index contributed by atoms with van der Waals surface area (Å²) in [5, 5.41) is 5.71. The molecule has 2 aromatic carbocycles. The molecule has 2 N–H and O–H groups in total. The Hall–Kier alpha value is -3.47. The van der Waals surface area contributed by atoms with Crippen molar-refractivity contribution in [3.8, 4) is 0 Å². The van der Waals surface area contributed by atoms with Crippen LogP contribution in [0.4, 0.5) is 0 Å². The van der Waals surface area contributed by atoms with Gasteiger partial charge in [0, 0.05) is 18.2 Å². The minimum Gasteiger partial charge on any atom is -0.349 e. The van der Waals surface area contributed by atoms with Gasteiger partial charge in [0.2, 0.25) is 5.91 Å². The molecule has 5 heteroatoms. The number of rotatable bonds is 7. The second kappa shape index (κ2) is 9.29. The van der Waals surface area contributed by atoms with E-state index in [9.17, 15) is 9.59 Å². The van der Waals surface area contributed by atoms with Gasteiger partial charge in [-0.2, -0.15) is 0 Å². The molecule has 0 aliphatic heterocycles. The van der Waals surface area contributed by atoms with E-state index in [1.165, 1.54) is 0 Å². The average Bonchev–Trinajstić information content (AvgIpc) is 2.73. The Morgan fingerprint density at radius 3 is 2.19 bits per heavy atom. The van der Waals surface area contributed by atoms with E-state index < -0.39 is 6.04 Å². The minimum atomic E-state index is -0.677. The molecular weight excluding hydrogens is 338 g/mol. The van der Waals surface area contributed by atoms with E-state index in [2.05, 4.69) is 15.6 Å². The lowest BCUT2D eigenvalue weighted by Crippen LogP contribution is -2.47. The molecule has 0 saturated carbocycles. The second-order valence-corrected chi connectivity index (χ2v) is 6.12. The van der Waals surface area contributed by atoms with Crippen LogP contribution < -0.4 is 10.6 Å². The van der Waals surface area contributed by atoms with Crippen molar-refractivity contribution in [3.63, 3.8) is 0 Å². The van der Waals surface area contributed by atoms with E-state index in [0.29, 0.717) is 18.5 Å². The molecule has 1 aromatic heterocycles. The maximum absolute atomic E-state index is 12.7. The minimum absolute atomic E-state index is 0.242. The first-order valence-electron chi connectivity index (χ1n) is 8.80. The highest BCUT2D eigenvalue weighted by atomic mass is 16.2. The molecule has 0 fully saturated rings. The molecule has 0 aliphatic rings. The van der Waals surface area contributed by atoms with Gasteiger partial charge >= 0.3 is 0 Å². The lowest BCUT2D eigenvalue weighted by molar-refractivity contribution is -0.123. The average molecular weight is 359 g/mol. The summed E-state index contributed by atoms with van der Waals surface area (Å²) in [6.45, 7) is 0.312. The van der Waals surface area contributed by atoms with E-state index in [1.807, 2.05) is 54.6 Å². The molecular formula is C22H21N3O2. The zero-order chi connectivity index (χ0) is 18.9. The van der Waals surface area contributed by atoms with Gasteiger partial charge in [0.1, 0.15) is 6.04 Å². The van der Waals surface area contributed by atoms with Gasteiger partial charge in [-0.25, -0.2) is 0 Å². The number of aromatic nitrogens is 1. The maximum Gasteiger partial charge on any atom is 0.251 e. The Kier molecular flexibility index (Phi) is 6.30. The Bertz CT molecular complexity index is 868. The van der Waals surface area contributed by atoms with E-state index in [1.54, 1.807) is 30.5 Å². The van der Waals surface area contributed by atoms with Crippen LogP contribution >= 0.6 is 0 Å². The third-order valence-electron chi connectivity index (χ3n) is 4.11. The van der Waals surface area contributed by atoms with Gasteiger partial charge in [-0.15, -0.1) is 0 Å². The predicted molar refractivity (Wildman–Crippen MR) is 104 cm³/mol. The molecule has 1 heterocycles. The summed E-state index contributed by atoms with van der Waals surface area (Å²) in [6.07, 6.45) is 2.09. The number of nitrogens with one attached hydrogen (secondary N) is 2. The molecule has 0 aliphatic carbocycles. The third kappa shape index (κ3) is 5.51. The fourth-order valence-electron chi connectivity index (χ4n) is 2.69. The quantitative estimate of drug-likeness (QED) is 0.681. The summed E-state index contributed by atoms with van der Waals surface area (Å²) < 4.78 is 0. The van der Waals surface area contributed by atoms with Crippen LogP contribution in [0.5, 0.6) is 0 Å². The number of nitrogens with zero attached hydrogens (tertiary/aromatic N) is 1. The Balaban J connectivity index is 1.70. The molecule has 1 atom stereocenters. The summed E-state index contributed by atoms with van der Waals surface area (Å²) in [4.78, 5) is 29.5. The van der Waals surface area contributed by atoms with Crippen molar-refractivity contribution in [1.29, 1.82) is 0 Å². The molecule has 136 valence electrons. The maximum atomic E-state index is 12.7. The SMILES string of the molecule is O=C(N[C@H](Cc1ccccc1)C(=O)NCc1ccccn1)c1ccccc1. The standard InChI is InChI=1S/C22H21N3O2/c26-21(18-11-5-2-6-12-18)25-20(15-17-9-3-1-4-10-17)22(27)24-16-19-13-7-8-14-23-19/h1-14,20H,15-16H2,(H,24,27)(H,25,26)/t20-/m1/s1. The zero-order valence-electron chi connectivity index (χ0n) is 14.8. The van der Waals surface area contributed by atoms with Crippen molar-refractivity contribution in [1.82, 2.24) is 15.6 Å². The highest BCUT2D eigenvalue weighted by Crippen LogP contribution is 2.06. The number of hydrogen-bond donors (Lipinski definition) is 2. The van der Waals surface area contributed by atoms with E-state index >= 15 is 0 Å². The van der Waals surface area contributed by atoms with Crippen molar-refractivity contribution >= 4 is 11.8 Å². The van der Waals surface area contributed by atoms with Crippen LogP contribution in [0.3, 0.4) is 0 Å². The highest BCUT2D eigenvalue weighted by molar-refractivity contribution is 5.97. The lowest BCUT2D eigenvalue weighted by atomic mass is 10.0. The van der Waals surface area contributed by atoms with Crippen LogP contribution in [0.15, 0.2) is 85.1 Å². The van der Waals surface area contributed by atoms with Gasteiger partial charge in [-0.1, -0.05) is 54.6 Å². The number of carbonyl (C=O) groups is 2. The van der Waals surface area contributed by atoms with Crippen LogP contribution in [0.2, 0.25) is 0 Å². The molecule has 2 amide bonds. The summed E-state index contributed by atoms with van der Waals surface area (Å²) in [6, 6.07) is 23.4. The molecule has 0 spiro atoms. The van der Waals surface area contributed by atoms with Gasteiger partial charge in [0.25, 0.3) is 5.91 Å². The summed E-state index contributed by atoms with van der Waals surface area (Å²) in [7, 11) is 0. The van der Waals surface area contributed by atoms with Crippen LogP contribution in [0.1, 0.15) is 21.6 Å². The largest absolute Gasteiger partial charge is 0.349 e. The number of pyridine rings is 1. The van der Waals surface area contributed by atoms with Crippen molar-refractivity contribution in [2.75, 3.05) is 0 Å². The normalized spacial score (nSPS) is 11.4. The smallest absolute Gasteiger partial charge is 0.251 e. The molecule has 0 radical (unpaired) electrons. The monoisotopic (exact) mass is 359 g/mol. The fraction of sp³-hybridized carbons (Fsp3) is 0.136. The van der Waals surface area contributed by atoms with Crippen molar-refractivity contribution in [2.24, 2.45) is 0 Å². The molecule has 0 saturated heterocycles. The molecule has 0 bridgehead atoms. The molecule has 0 unspecified atom stereocenters. The zero-order valence-corrected chi connectivity index (χ0v) is 14.8. The van der Waals surface area contributed by atoms with Gasteiger partial charge in [-0.3, -0.25) is 14.6 Å². The third-order valence-corrected chi connectivity index (χ3v) is 4.11. The summed E-state index contributed by atoms with van der Waals surface area (Å²) in [5.74, 6) is -0.515. The van der Waals surface area contributed by atoms with Gasteiger partial charge in [0.05, 0.1) is 12.2 Å². The number of amides is 2. The Morgan fingerprint density at radius 1 is 0.852 bits per heavy atom. The number of benzene rings is 2. The molecule has 27 heavy (non-hydrogen) atoms. The van der Waals surface area contributed by atoms with Crippen LogP contribution in [0, 0.1) is 0 Å². The highest BCUT2D eigenvalue weighted by Gasteiger charge is 2.21. The summed E-state index contributed by atoms with van der Waals surface area (Å²) in [5.41, 5.74) is 2.26. The van der Waals surface area contributed by atoms with Crippen LogP contribution in [0.25, 0.3) is 0 Å². The van der Waals surface area contributed by atoms with Crippen molar-refractivity contribution in [3.05, 3.63) is 102 Å². The Morgan fingerprint density at radius 2 is 1.52 bits per heavy atom. The second-order valence-electron chi connectivity index (χ2n) is 6.12. The fourth-order valence-corrected chi connectivity index (χ4v) is 2.69. The number of hydrogen-bond acceptors (Lipinski definition) is 3. The molecule has 3 aromatic rings. The van der Waals surface area contributed by atoms with Gasteiger partial charge in [0.15, 0.2) is 0 Å². The van der Waals surface area contributed by atoms with Gasteiger partial charge < -0.3 is 10.6 Å². The first-order valence-corrected chi connectivity index (χ1v) is 8.80. The predicted octanol–water partition coefficient (Wildman–Crippen LogP) is 2.74. The van der Waals surface area contributed by atoms with Crippen LogP contribution in [-0.4, -0.2) is 22.8 Å². The topological polar surface area (TPSA) is 71.1 Å². The lowest BCUT2D eigenvalue weighted by Gasteiger charge is -2.19. The number of carbonyl (C=O) groups excluding carboxylic acids is 2. The first-order chi connectivity index (χ1) is 13.2. The first kappa shape index (κ1) is 18.3. The molecule has 3 rings (SSSR count). The van der Waals surface area contributed by atoms with Gasteiger partial charge in [-0.05, 0) is 29.8 Å². The van der Waals surface area contributed by atoms with E-state index in [-0.39, 0.29) is 11.8 Å². The molecule has 5 nitrogen and oxygen atoms in total. The van der Waals surface area contributed by atoms with Crippen LogP contribution in [-0.2, 0) is 17.8 Å². The van der Waals surface area contributed by atoms with Crippen molar-refractivity contribution in [2.45, 2.75) is 19.0 Å². The summed E-state index contributed by atoms with van der Waals surface area (Å²) >= 11 is 0. The van der Waals surface area contributed by atoms with E-state index in [0.717, 1.165) is 11.3 Å². The van der Waals surface area contributed by atoms with E-state index in [4.69, 9.17) is 0 Å². The van der Waals surface area contributed by atoms with Crippen molar-refractivity contribution < 1.29 is 9.59 Å².